The van der Waals surface area contributed by atoms with Crippen LogP contribution in [0.1, 0.15) is 41.9 Å². The molecule has 1 fully saturated rings. The molecule has 2 atom stereocenters. The highest BCUT2D eigenvalue weighted by Crippen LogP contribution is 2.27. The summed E-state index contributed by atoms with van der Waals surface area (Å²) in [6, 6.07) is 7.25. The number of rotatable bonds is 5. The van der Waals surface area contributed by atoms with Gasteiger partial charge in [-0.1, -0.05) is 18.9 Å². The SMILES string of the molecule is COc1cccc(C(=O)N[C@@H]2CCCC[C@@H]2Cc2nn(C)c(=O)n2C)c1. The van der Waals surface area contributed by atoms with Gasteiger partial charge in [0.05, 0.1) is 7.11 Å². The zero-order chi connectivity index (χ0) is 18.7. The summed E-state index contributed by atoms with van der Waals surface area (Å²) in [6.45, 7) is 0. The maximum atomic E-state index is 12.7. The van der Waals surface area contributed by atoms with Crippen molar-refractivity contribution < 1.29 is 9.53 Å². The molecule has 0 saturated heterocycles. The van der Waals surface area contributed by atoms with Crippen LogP contribution in [0, 0.1) is 5.92 Å². The maximum absolute atomic E-state index is 12.7. The summed E-state index contributed by atoms with van der Waals surface area (Å²) in [4.78, 5) is 24.6. The second-order valence-corrected chi connectivity index (χ2v) is 6.94. The lowest BCUT2D eigenvalue weighted by molar-refractivity contribution is 0.0904. The first kappa shape index (κ1) is 18.2. The Kier molecular flexibility index (Phi) is 5.44. The maximum Gasteiger partial charge on any atom is 0.345 e. The summed E-state index contributed by atoms with van der Waals surface area (Å²) in [5.41, 5.74) is 0.478. The van der Waals surface area contributed by atoms with Crippen LogP contribution in [0.2, 0.25) is 0 Å². The smallest absolute Gasteiger partial charge is 0.345 e. The zero-order valence-corrected chi connectivity index (χ0v) is 15.6. The summed E-state index contributed by atoms with van der Waals surface area (Å²) in [5.74, 6) is 1.63. The van der Waals surface area contributed by atoms with Crippen LogP contribution in [0.15, 0.2) is 29.1 Å². The zero-order valence-electron chi connectivity index (χ0n) is 15.6. The molecule has 1 amide bonds. The highest BCUT2D eigenvalue weighted by atomic mass is 16.5. The molecule has 0 aliphatic heterocycles. The van der Waals surface area contributed by atoms with Crippen LogP contribution in [0.3, 0.4) is 0 Å². The van der Waals surface area contributed by atoms with Crippen molar-refractivity contribution >= 4 is 5.91 Å². The number of ether oxygens (including phenoxy) is 1. The van der Waals surface area contributed by atoms with Gasteiger partial charge >= 0.3 is 5.69 Å². The fraction of sp³-hybridized carbons (Fsp3) is 0.526. The van der Waals surface area contributed by atoms with Crippen molar-refractivity contribution in [2.24, 2.45) is 20.0 Å². The van der Waals surface area contributed by atoms with E-state index in [-0.39, 0.29) is 23.6 Å². The van der Waals surface area contributed by atoms with Gasteiger partial charge in [0.25, 0.3) is 5.91 Å². The van der Waals surface area contributed by atoms with Gasteiger partial charge < -0.3 is 10.1 Å². The van der Waals surface area contributed by atoms with E-state index in [1.54, 1.807) is 37.9 Å². The van der Waals surface area contributed by atoms with E-state index >= 15 is 0 Å². The van der Waals surface area contributed by atoms with Gasteiger partial charge in [0, 0.05) is 32.1 Å². The van der Waals surface area contributed by atoms with Gasteiger partial charge in [-0.2, -0.15) is 5.10 Å². The quantitative estimate of drug-likeness (QED) is 0.882. The van der Waals surface area contributed by atoms with Crippen molar-refractivity contribution in [1.29, 1.82) is 0 Å². The Morgan fingerprint density at radius 3 is 2.77 bits per heavy atom. The van der Waals surface area contributed by atoms with Crippen LogP contribution in [-0.4, -0.2) is 33.4 Å². The number of hydrogen-bond donors (Lipinski definition) is 1. The van der Waals surface area contributed by atoms with Crippen LogP contribution in [0.4, 0.5) is 0 Å². The summed E-state index contributed by atoms with van der Waals surface area (Å²) < 4.78 is 8.15. The summed E-state index contributed by atoms with van der Waals surface area (Å²) >= 11 is 0. The highest BCUT2D eigenvalue weighted by Gasteiger charge is 2.28. The van der Waals surface area contributed by atoms with Crippen molar-refractivity contribution in [3.63, 3.8) is 0 Å². The van der Waals surface area contributed by atoms with E-state index in [1.807, 2.05) is 12.1 Å². The van der Waals surface area contributed by atoms with E-state index in [0.717, 1.165) is 31.5 Å². The molecule has 1 aromatic carbocycles. The van der Waals surface area contributed by atoms with Crippen molar-refractivity contribution in [3.05, 3.63) is 46.1 Å². The second-order valence-electron chi connectivity index (χ2n) is 6.94. The molecule has 7 nitrogen and oxygen atoms in total. The summed E-state index contributed by atoms with van der Waals surface area (Å²) in [6.07, 6.45) is 4.89. The third kappa shape index (κ3) is 3.81. The largest absolute Gasteiger partial charge is 0.497 e. The Morgan fingerprint density at radius 2 is 2.08 bits per heavy atom. The lowest BCUT2D eigenvalue weighted by Gasteiger charge is -2.32. The number of methoxy groups -OCH3 is 1. The molecule has 1 aliphatic rings. The second kappa shape index (κ2) is 7.76. The molecule has 3 rings (SSSR count). The van der Waals surface area contributed by atoms with E-state index in [0.29, 0.717) is 17.7 Å². The number of nitrogens with zero attached hydrogens (tertiary/aromatic N) is 3. The Bertz CT molecular complexity index is 840. The van der Waals surface area contributed by atoms with Crippen molar-refractivity contribution in [3.8, 4) is 5.75 Å². The third-order valence-electron chi connectivity index (χ3n) is 5.22. The molecule has 0 radical (unpaired) electrons. The first-order chi connectivity index (χ1) is 12.5. The Balaban J connectivity index is 1.73. The van der Waals surface area contributed by atoms with Gasteiger partial charge in [-0.05, 0) is 37.0 Å². The summed E-state index contributed by atoms with van der Waals surface area (Å²) in [5, 5.41) is 7.52. The molecule has 0 bridgehead atoms. The average Bonchev–Trinajstić information content (AvgIpc) is 2.90. The molecule has 140 valence electrons. The molecule has 26 heavy (non-hydrogen) atoms. The Hall–Kier alpha value is -2.57. The van der Waals surface area contributed by atoms with Gasteiger partial charge in [0.1, 0.15) is 11.6 Å². The van der Waals surface area contributed by atoms with Gasteiger partial charge in [-0.25, -0.2) is 9.48 Å². The third-order valence-corrected chi connectivity index (χ3v) is 5.22. The molecule has 0 unspecified atom stereocenters. The van der Waals surface area contributed by atoms with E-state index < -0.39 is 0 Å². The van der Waals surface area contributed by atoms with Gasteiger partial charge in [0.15, 0.2) is 0 Å². The van der Waals surface area contributed by atoms with Gasteiger partial charge in [-0.3, -0.25) is 9.36 Å². The standard InChI is InChI=1S/C19H26N4O3/c1-22-17(21-23(2)19(22)25)12-13-7-4-5-10-16(13)20-18(24)14-8-6-9-15(11-14)26-3/h6,8-9,11,13,16H,4-5,7,10,12H2,1-3H3,(H,20,24)/t13-,16-/m1/s1. The fourth-order valence-electron chi connectivity index (χ4n) is 3.68. The summed E-state index contributed by atoms with van der Waals surface area (Å²) in [7, 11) is 5.00. The van der Waals surface area contributed by atoms with Crippen LogP contribution < -0.4 is 15.7 Å². The minimum Gasteiger partial charge on any atom is -0.497 e. The van der Waals surface area contributed by atoms with Gasteiger partial charge in [0.2, 0.25) is 0 Å². The lowest BCUT2D eigenvalue weighted by atomic mass is 9.82. The normalized spacial score (nSPS) is 20.0. The van der Waals surface area contributed by atoms with E-state index in [4.69, 9.17) is 4.74 Å². The molecule has 1 aromatic heterocycles. The van der Waals surface area contributed by atoms with Gasteiger partial charge in [-0.15, -0.1) is 0 Å². The van der Waals surface area contributed by atoms with Crippen LogP contribution >= 0.6 is 0 Å². The number of nitrogens with one attached hydrogen (secondary N) is 1. The molecule has 1 saturated carbocycles. The predicted octanol–water partition coefficient (Wildman–Crippen LogP) is 1.66. The minimum atomic E-state index is -0.118. The van der Waals surface area contributed by atoms with E-state index in [9.17, 15) is 9.59 Å². The van der Waals surface area contributed by atoms with Crippen molar-refractivity contribution in [1.82, 2.24) is 19.7 Å². The minimum absolute atomic E-state index is 0.0829. The van der Waals surface area contributed by atoms with Crippen molar-refractivity contribution in [2.45, 2.75) is 38.1 Å². The molecule has 1 N–H and O–H groups in total. The first-order valence-electron chi connectivity index (χ1n) is 9.03. The lowest BCUT2D eigenvalue weighted by Crippen LogP contribution is -2.43. The van der Waals surface area contributed by atoms with Crippen molar-refractivity contribution in [2.75, 3.05) is 7.11 Å². The molecule has 0 spiro atoms. The molecular weight excluding hydrogens is 332 g/mol. The monoisotopic (exact) mass is 358 g/mol. The number of aryl methyl sites for hydroxylation is 1. The topological polar surface area (TPSA) is 78.2 Å². The Labute approximate surface area is 153 Å². The molecule has 1 heterocycles. The van der Waals surface area contributed by atoms with E-state index in [1.165, 1.54) is 4.68 Å². The highest BCUT2D eigenvalue weighted by molar-refractivity contribution is 5.94. The van der Waals surface area contributed by atoms with E-state index in [2.05, 4.69) is 10.4 Å². The van der Waals surface area contributed by atoms with Crippen LogP contribution in [0.25, 0.3) is 0 Å². The molecular formula is C19H26N4O3. The predicted molar refractivity (Wildman–Crippen MR) is 98.4 cm³/mol. The van der Waals surface area contributed by atoms with Crippen LogP contribution in [0.5, 0.6) is 5.75 Å². The Morgan fingerprint density at radius 1 is 1.31 bits per heavy atom. The average molecular weight is 358 g/mol. The number of aromatic nitrogens is 3. The number of benzene rings is 1. The van der Waals surface area contributed by atoms with Crippen LogP contribution in [-0.2, 0) is 20.5 Å². The number of carbonyl (C=O) groups is 1. The molecule has 7 heteroatoms. The number of hydrogen-bond acceptors (Lipinski definition) is 4. The molecule has 2 aromatic rings. The first-order valence-corrected chi connectivity index (χ1v) is 9.03. The molecule has 1 aliphatic carbocycles. The number of carbonyl (C=O) groups excluding carboxylic acids is 1. The number of amides is 1. The fourth-order valence-corrected chi connectivity index (χ4v) is 3.68.